The molecule has 0 saturated heterocycles. The van der Waals surface area contributed by atoms with Gasteiger partial charge in [0.15, 0.2) is 12.4 Å². The van der Waals surface area contributed by atoms with Crippen molar-refractivity contribution in [3.63, 3.8) is 0 Å². The van der Waals surface area contributed by atoms with E-state index in [4.69, 9.17) is 11.6 Å². The molecule has 3 rings (SSSR count). The smallest absolute Gasteiger partial charge is 0.261 e. The predicted octanol–water partition coefficient (Wildman–Crippen LogP) is 4.09. The Balaban J connectivity index is 2.03. The molecule has 30 heavy (non-hydrogen) atoms. The first-order valence-electron chi connectivity index (χ1n) is 9.05. The first kappa shape index (κ1) is 22.3. The molecule has 9 heteroatoms. The van der Waals surface area contributed by atoms with Crippen molar-refractivity contribution in [2.24, 2.45) is 0 Å². The summed E-state index contributed by atoms with van der Waals surface area (Å²) in [5, 5.41) is 0.175. The van der Waals surface area contributed by atoms with Crippen LogP contribution in [0.1, 0.15) is 26.3 Å². The second kappa shape index (κ2) is 8.02. The topological polar surface area (TPSA) is 94.5 Å². The van der Waals surface area contributed by atoms with Crippen LogP contribution in [0.25, 0.3) is 0 Å². The summed E-state index contributed by atoms with van der Waals surface area (Å²) >= 11 is 6.01. The van der Waals surface area contributed by atoms with Crippen LogP contribution in [0, 0.1) is 0 Å². The van der Waals surface area contributed by atoms with Crippen molar-refractivity contribution in [3.05, 3.63) is 77.6 Å². The molecule has 0 saturated carbocycles. The number of benzene rings is 2. The quantitative estimate of drug-likeness (QED) is 0.614. The van der Waals surface area contributed by atoms with E-state index in [-0.39, 0.29) is 30.8 Å². The molecule has 0 atom stereocenters. The van der Waals surface area contributed by atoms with Gasteiger partial charge in [0, 0.05) is 17.2 Å². The Bertz CT molecular complexity index is 1270. The van der Waals surface area contributed by atoms with Gasteiger partial charge in [-0.2, -0.15) is 0 Å². The third kappa shape index (κ3) is 4.66. The normalized spacial score (nSPS) is 12.5. The van der Waals surface area contributed by atoms with Crippen molar-refractivity contribution in [1.29, 1.82) is 0 Å². The van der Waals surface area contributed by atoms with Gasteiger partial charge in [0.1, 0.15) is 0 Å². The van der Waals surface area contributed by atoms with E-state index in [1.165, 1.54) is 54.9 Å². The first-order valence-corrected chi connectivity index (χ1v) is 12.4. The lowest BCUT2D eigenvalue weighted by atomic mass is 9.87. The molecule has 0 aliphatic carbocycles. The van der Waals surface area contributed by atoms with Gasteiger partial charge in [-0.3, -0.25) is 4.72 Å². The molecule has 0 radical (unpaired) electrons. The first-order chi connectivity index (χ1) is 13.9. The summed E-state index contributed by atoms with van der Waals surface area (Å²) in [7, 11) is -8.02. The van der Waals surface area contributed by atoms with Crippen LogP contribution in [0.3, 0.4) is 0 Å². The minimum atomic E-state index is -4.02. The molecule has 0 spiro atoms. The van der Waals surface area contributed by atoms with E-state index < -0.39 is 19.9 Å². The summed E-state index contributed by atoms with van der Waals surface area (Å²) < 4.78 is 54.4. The van der Waals surface area contributed by atoms with Gasteiger partial charge in [-0.25, -0.2) is 21.8 Å². The maximum atomic E-state index is 13.1. The average molecular weight is 466 g/mol. The highest BCUT2D eigenvalue weighted by molar-refractivity contribution is 7.93. The van der Waals surface area contributed by atoms with Crippen molar-refractivity contribution < 1.29 is 21.8 Å². The number of pyridine rings is 1. The Morgan fingerprint density at radius 2 is 1.43 bits per heavy atom. The SMILES string of the molecule is CC(C)(C)c1ccc(S(=O)(=O)Nc2ccc(Cl)cc2S(=O)(=O)c2cc[nH+]cc2)cc1. The minimum Gasteiger partial charge on any atom is -0.278 e. The lowest BCUT2D eigenvalue weighted by Gasteiger charge is -2.19. The molecule has 1 heterocycles. The largest absolute Gasteiger partial charge is 0.278 e. The maximum absolute atomic E-state index is 13.1. The van der Waals surface area contributed by atoms with Crippen molar-refractivity contribution in [2.75, 3.05) is 4.72 Å². The second-order valence-electron chi connectivity index (χ2n) is 7.76. The molecule has 0 amide bonds. The number of aromatic nitrogens is 1. The summed E-state index contributed by atoms with van der Waals surface area (Å²) in [6.07, 6.45) is 2.94. The molecule has 1 aromatic heterocycles. The Hall–Kier alpha value is -2.42. The molecular weight excluding hydrogens is 444 g/mol. The van der Waals surface area contributed by atoms with Crippen LogP contribution >= 0.6 is 11.6 Å². The molecule has 0 bridgehead atoms. The Labute approximate surface area is 181 Å². The van der Waals surface area contributed by atoms with Crippen LogP contribution < -0.4 is 9.71 Å². The van der Waals surface area contributed by atoms with Gasteiger partial charge >= 0.3 is 0 Å². The molecular formula is C21H22ClN2O4S2+. The number of sulfone groups is 1. The zero-order valence-corrected chi connectivity index (χ0v) is 19.1. The molecule has 0 unspecified atom stereocenters. The zero-order valence-electron chi connectivity index (χ0n) is 16.7. The molecule has 0 fully saturated rings. The number of anilines is 1. The van der Waals surface area contributed by atoms with Crippen molar-refractivity contribution in [3.8, 4) is 0 Å². The summed E-state index contributed by atoms with van der Waals surface area (Å²) in [5.41, 5.74) is 0.782. The van der Waals surface area contributed by atoms with Gasteiger partial charge in [0.2, 0.25) is 9.84 Å². The number of halogens is 1. The molecule has 6 nitrogen and oxygen atoms in total. The monoisotopic (exact) mass is 465 g/mol. The number of rotatable bonds is 5. The highest BCUT2D eigenvalue weighted by atomic mass is 35.5. The summed E-state index contributed by atoms with van der Waals surface area (Å²) in [5.74, 6) is 0. The van der Waals surface area contributed by atoms with E-state index in [0.29, 0.717) is 0 Å². The fraction of sp³-hybridized carbons (Fsp3) is 0.190. The highest BCUT2D eigenvalue weighted by Gasteiger charge is 2.26. The van der Waals surface area contributed by atoms with Gasteiger partial charge < -0.3 is 0 Å². The molecule has 158 valence electrons. The Morgan fingerprint density at radius 3 is 2.00 bits per heavy atom. The number of H-pyrrole nitrogens is 1. The lowest BCUT2D eigenvalue weighted by molar-refractivity contribution is -0.378. The fourth-order valence-electron chi connectivity index (χ4n) is 2.82. The van der Waals surface area contributed by atoms with Crippen LogP contribution in [0.15, 0.2) is 81.7 Å². The van der Waals surface area contributed by atoms with Crippen LogP contribution in [0.5, 0.6) is 0 Å². The van der Waals surface area contributed by atoms with Gasteiger partial charge in [-0.05, 0) is 41.3 Å². The molecule has 0 aliphatic rings. The minimum absolute atomic E-state index is 0.0125. The maximum Gasteiger partial charge on any atom is 0.261 e. The lowest BCUT2D eigenvalue weighted by Crippen LogP contribution is -2.17. The summed E-state index contributed by atoms with van der Waals surface area (Å²) in [4.78, 5) is 2.57. The highest BCUT2D eigenvalue weighted by Crippen LogP contribution is 2.32. The van der Waals surface area contributed by atoms with E-state index in [1.807, 2.05) is 20.8 Å². The second-order valence-corrected chi connectivity index (χ2v) is 11.8. The molecule has 0 aliphatic heterocycles. The summed E-state index contributed by atoms with van der Waals surface area (Å²) in [6, 6.07) is 13.3. The molecule has 2 aromatic carbocycles. The van der Waals surface area contributed by atoms with E-state index in [2.05, 4.69) is 9.71 Å². The Kier molecular flexibility index (Phi) is 5.95. The average Bonchev–Trinajstić information content (AvgIpc) is 2.69. The fourth-order valence-corrected chi connectivity index (χ4v) is 5.64. The predicted molar refractivity (Wildman–Crippen MR) is 116 cm³/mol. The molecule has 2 N–H and O–H groups in total. The van der Waals surface area contributed by atoms with Gasteiger partial charge in [-0.15, -0.1) is 0 Å². The van der Waals surface area contributed by atoms with E-state index >= 15 is 0 Å². The van der Waals surface area contributed by atoms with Crippen LogP contribution in [0.4, 0.5) is 5.69 Å². The number of hydrogen-bond acceptors (Lipinski definition) is 4. The standard InChI is InChI=1S/C21H21ClN2O4S2/c1-21(2,3)15-4-7-18(8-5-15)30(27,28)24-19-9-6-16(22)14-20(19)29(25,26)17-10-12-23-13-11-17/h4-14,24H,1-3H3/p+1. The van der Waals surface area contributed by atoms with Crippen LogP contribution in [0.2, 0.25) is 5.02 Å². The van der Waals surface area contributed by atoms with Crippen LogP contribution in [-0.4, -0.2) is 16.8 Å². The number of hydrogen-bond donors (Lipinski definition) is 1. The van der Waals surface area contributed by atoms with Crippen molar-refractivity contribution in [1.82, 2.24) is 0 Å². The molecule has 3 aromatic rings. The number of nitrogens with one attached hydrogen (secondary N) is 2. The zero-order chi connectivity index (χ0) is 22.2. The van der Waals surface area contributed by atoms with Gasteiger partial charge in [-0.1, -0.05) is 44.5 Å². The van der Waals surface area contributed by atoms with E-state index in [1.54, 1.807) is 12.1 Å². The third-order valence-electron chi connectivity index (χ3n) is 4.51. The number of aromatic amines is 1. The van der Waals surface area contributed by atoms with Gasteiger partial charge in [0.25, 0.3) is 10.0 Å². The number of sulfonamides is 1. The van der Waals surface area contributed by atoms with E-state index in [9.17, 15) is 16.8 Å². The van der Waals surface area contributed by atoms with Crippen LogP contribution in [-0.2, 0) is 25.3 Å². The van der Waals surface area contributed by atoms with Gasteiger partial charge in [0.05, 0.1) is 20.4 Å². The summed E-state index contributed by atoms with van der Waals surface area (Å²) in [6.45, 7) is 6.09. The van der Waals surface area contributed by atoms with E-state index in [0.717, 1.165) is 5.56 Å². The van der Waals surface area contributed by atoms with Crippen molar-refractivity contribution >= 4 is 37.1 Å². The Morgan fingerprint density at radius 1 is 0.833 bits per heavy atom. The third-order valence-corrected chi connectivity index (χ3v) is 7.93. The van der Waals surface area contributed by atoms with Crippen molar-refractivity contribution in [2.45, 2.75) is 40.9 Å².